The molecule has 0 bridgehead atoms. The van der Waals surface area contributed by atoms with Gasteiger partial charge in [0.25, 0.3) is 0 Å². The van der Waals surface area contributed by atoms with Crippen LogP contribution >= 0.6 is 0 Å². The van der Waals surface area contributed by atoms with E-state index in [4.69, 9.17) is 18.9 Å². The highest BCUT2D eigenvalue weighted by Crippen LogP contribution is 2.48. The van der Waals surface area contributed by atoms with Gasteiger partial charge in [-0.15, -0.1) is 0 Å². The monoisotopic (exact) mass is 438 g/mol. The van der Waals surface area contributed by atoms with E-state index in [1.807, 2.05) is 24.3 Å². The molecule has 1 atom stereocenters. The van der Waals surface area contributed by atoms with Crippen molar-refractivity contribution in [2.45, 2.75) is 43.9 Å². The maximum Gasteiger partial charge on any atom is 0.164 e. The second-order valence-corrected chi connectivity index (χ2v) is 8.17. The molecule has 6 nitrogen and oxygen atoms in total. The van der Waals surface area contributed by atoms with Crippen molar-refractivity contribution in [2.75, 3.05) is 41.5 Å². The molecule has 32 heavy (non-hydrogen) atoms. The van der Waals surface area contributed by atoms with Gasteiger partial charge in [0.15, 0.2) is 23.0 Å². The summed E-state index contributed by atoms with van der Waals surface area (Å²) in [7, 11) is 6.62. The molecule has 1 unspecified atom stereocenters. The van der Waals surface area contributed by atoms with Gasteiger partial charge in [-0.05, 0) is 80.9 Å². The van der Waals surface area contributed by atoms with Crippen LogP contribution < -0.4 is 24.3 Å². The van der Waals surface area contributed by atoms with Crippen LogP contribution in [0.3, 0.4) is 0 Å². The summed E-state index contributed by atoms with van der Waals surface area (Å²) in [6.07, 6.45) is 5.50. The third-order valence-electron chi connectivity index (χ3n) is 6.40. The standard InChI is InChI=1S/C26H34N2O4/c1-29-22-10-8-19(17-24(22)31-3)7-5-15-28-16-6-13-26(18-27)14-12-20-21(26)9-11-23(30-2)25(20)32-4/h8-11,17,28H,5-7,12-16H2,1-4H3. The van der Waals surface area contributed by atoms with Gasteiger partial charge in [-0.3, -0.25) is 0 Å². The lowest BCUT2D eigenvalue weighted by Crippen LogP contribution is -2.24. The number of nitriles is 1. The van der Waals surface area contributed by atoms with Crippen LogP contribution in [0, 0.1) is 11.3 Å². The minimum atomic E-state index is -0.434. The number of methoxy groups -OCH3 is 4. The van der Waals surface area contributed by atoms with E-state index in [0.717, 1.165) is 85.7 Å². The summed E-state index contributed by atoms with van der Waals surface area (Å²) in [6.45, 7) is 1.84. The van der Waals surface area contributed by atoms with Gasteiger partial charge in [0.2, 0.25) is 0 Å². The van der Waals surface area contributed by atoms with Gasteiger partial charge in [0.05, 0.1) is 39.9 Å². The number of nitrogens with one attached hydrogen (secondary N) is 1. The Labute approximate surface area is 191 Å². The Morgan fingerprint density at radius 3 is 2.31 bits per heavy atom. The van der Waals surface area contributed by atoms with Crippen LogP contribution in [0.2, 0.25) is 0 Å². The molecule has 3 rings (SSSR count). The molecule has 1 aliphatic rings. The van der Waals surface area contributed by atoms with Crippen molar-refractivity contribution in [1.29, 1.82) is 5.26 Å². The predicted octanol–water partition coefficient (Wildman–Crippen LogP) is 4.43. The Morgan fingerprint density at radius 1 is 0.906 bits per heavy atom. The Morgan fingerprint density at radius 2 is 1.62 bits per heavy atom. The zero-order chi connectivity index (χ0) is 23.0. The highest BCUT2D eigenvalue weighted by Gasteiger charge is 2.40. The van der Waals surface area contributed by atoms with Crippen LogP contribution in [0.1, 0.15) is 42.4 Å². The Kier molecular flexibility index (Phi) is 8.24. The normalized spacial score (nSPS) is 16.8. The fourth-order valence-electron chi connectivity index (χ4n) is 4.69. The summed E-state index contributed by atoms with van der Waals surface area (Å²) >= 11 is 0. The third-order valence-corrected chi connectivity index (χ3v) is 6.40. The fraction of sp³-hybridized carbons (Fsp3) is 0.500. The number of aryl methyl sites for hydroxylation is 1. The Hall–Kier alpha value is -2.91. The van der Waals surface area contributed by atoms with Gasteiger partial charge in [-0.1, -0.05) is 12.1 Å². The number of rotatable bonds is 12. The molecule has 2 aromatic carbocycles. The molecule has 0 spiro atoms. The fourth-order valence-corrected chi connectivity index (χ4v) is 4.69. The summed E-state index contributed by atoms with van der Waals surface area (Å²) in [5.41, 5.74) is 3.03. The lowest BCUT2D eigenvalue weighted by atomic mass is 9.79. The lowest BCUT2D eigenvalue weighted by molar-refractivity contribution is 0.352. The van der Waals surface area contributed by atoms with Crippen LogP contribution in [0.5, 0.6) is 23.0 Å². The van der Waals surface area contributed by atoms with Gasteiger partial charge in [0.1, 0.15) is 0 Å². The Balaban J connectivity index is 1.47. The maximum atomic E-state index is 10.0. The largest absolute Gasteiger partial charge is 0.493 e. The zero-order valence-electron chi connectivity index (χ0n) is 19.6. The first-order chi connectivity index (χ1) is 15.6. The van der Waals surface area contributed by atoms with Gasteiger partial charge in [-0.2, -0.15) is 5.26 Å². The van der Waals surface area contributed by atoms with Crippen LogP contribution in [0.4, 0.5) is 0 Å². The Bertz CT molecular complexity index is 954. The van der Waals surface area contributed by atoms with Crippen molar-refractivity contribution in [1.82, 2.24) is 5.32 Å². The van der Waals surface area contributed by atoms with Crippen molar-refractivity contribution in [3.8, 4) is 29.1 Å². The van der Waals surface area contributed by atoms with Crippen molar-refractivity contribution in [2.24, 2.45) is 0 Å². The van der Waals surface area contributed by atoms with Crippen molar-refractivity contribution >= 4 is 0 Å². The number of hydrogen-bond donors (Lipinski definition) is 1. The minimum absolute atomic E-state index is 0.434. The molecule has 0 saturated carbocycles. The van der Waals surface area contributed by atoms with Crippen LogP contribution in [-0.2, 0) is 18.3 Å². The molecule has 0 aromatic heterocycles. The van der Waals surface area contributed by atoms with E-state index in [1.165, 1.54) is 5.56 Å². The van der Waals surface area contributed by atoms with E-state index in [2.05, 4.69) is 17.5 Å². The van der Waals surface area contributed by atoms with Crippen molar-refractivity contribution in [3.63, 3.8) is 0 Å². The molecule has 0 radical (unpaired) electrons. The second-order valence-electron chi connectivity index (χ2n) is 8.17. The molecule has 0 aliphatic heterocycles. The van der Waals surface area contributed by atoms with Crippen LogP contribution in [0.15, 0.2) is 30.3 Å². The number of benzene rings is 2. The minimum Gasteiger partial charge on any atom is -0.493 e. The highest BCUT2D eigenvalue weighted by molar-refractivity contribution is 5.57. The smallest absolute Gasteiger partial charge is 0.164 e. The molecular weight excluding hydrogens is 404 g/mol. The molecule has 1 N–H and O–H groups in total. The molecule has 0 amide bonds. The first-order valence-corrected chi connectivity index (χ1v) is 11.2. The van der Waals surface area contributed by atoms with Crippen LogP contribution in [0.25, 0.3) is 0 Å². The predicted molar refractivity (Wildman–Crippen MR) is 125 cm³/mol. The second kappa shape index (κ2) is 11.1. The number of fused-ring (bicyclic) bond motifs is 1. The van der Waals surface area contributed by atoms with E-state index >= 15 is 0 Å². The van der Waals surface area contributed by atoms with E-state index < -0.39 is 5.41 Å². The van der Waals surface area contributed by atoms with Gasteiger partial charge < -0.3 is 24.3 Å². The molecule has 0 heterocycles. The first-order valence-electron chi connectivity index (χ1n) is 11.2. The van der Waals surface area contributed by atoms with E-state index in [0.29, 0.717) is 0 Å². The summed E-state index contributed by atoms with van der Waals surface area (Å²) < 4.78 is 21.7. The zero-order valence-corrected chi connectivity index (χ0v) is 19.6. The van der Waals surface area contributed by atoms with E-state index in [1.54, 1.807) is 28.4 Å². The summed E-state index contributed by atoms with van der Waals surface area (Å²) in [4.78, 5) is 0. The van der Waals surface area contributed by atoms with Crippen molar-refractivity contribution in [3.05, 3.63) is 47.0 Å². The van der Waals surface area contributed by atoms with E-state index in [-0.39, 0.29) is 0 Å². The quantitative estimate of drug-likeness (QED) is 0.494. The molecular formula is C26H34N2O4. The molecule has 172 valence electrons. The molecule has 2 aromatic rings. The molecule has 1 aliphatic carbocycles. The average Bonchev–Trinajstić information content (AvgIpc) is 3.21. The summed E-state index contributed by atoms with van der Waals surface area (Å²) in [5, 5.41) is 13.6. The van der Waals surface area contributed by atoms with Crippen LogP contribution in [-0.4, -0.2) is 41.5 Å². The third kappa shape index (κ3) is 4.94. The summed E-state index contributed by atoms with van der Waals surface area (Å²) in [5.74, 6) is 3.03. The lowest BCUT2D eigenvalue weighted by Gasteiger charge is -2.23. The first kappa shape index (κ1) is 23.7. The van der Waals surface area contributed by atoms with E-state index in [9.17, 15) is 5.26 Å². The van der Waals surface area contributed by atoms with Gasteiger partial charge in [-0.25, -0.2) is 0 Å². The number of nitrogens with zero attached hydrogens (tertiary/aromatic N) is 1. The molecule has 0 fully saturated rings. The summed E-state index contributed by atoms with van der Waals surface area (Å²) in [6, 6.07) is 12.7. The molecule has 0 saturated heterocycles. The number of ether oxygens (including phenoxy) is 4. The van der Waals surface area contributed by atoms with Gasteiger partial charge in [0, 0.05) is 5.56 Å². The maximum absolute atomic E-state index is 10.0. The SMILES string of the molecule is COc1ccc(CCCNCCCC2(C#N)CCc3c2ccc(OC)c3OC)cc1OC. The molecule has 6 heteroatoms. The topological polar surface area (TPSA) is 72.7 Å². The highest BCUT2D eigenvalue weighted by atomic mass is 16.5. The van der Waals surface area contributed by atoms with Gasteiger partial charge >= 0.3 is 0 Å². The average molecular weight is 439 g/mol. The number of hydrogen-bond acceptors (Lipinski definition) is 6. The van der Waals surface area contributed by atoms with Crippen molar-refractivity contribution < 1.29 is 18.9 Å².